The Morgan fingerprint density at radius 3 is 1.00 bits per heavy atom. The lowest BCUT2D eigenvalue weighted by Gasteiger charge is -2.13. The van der Waals surface area contributed by atoms with Crippen molar-refractivity contribution in [3.63, 3.8) is 0 Å². The van der Waals surface area contributed by atoms with E-state index < -0.39 is 31.2 Å². The van der Waals surface area contributed by atoms with Crippen LogP contribution < -0.4 is 0 Å². The first-order valence-electron chi connectivity index (χ1n) is 11.3. The molecule has 9 heteroatoms. The van der Waals surface area contributed by atoms with Gasteiger partial charge in [-0.15, -0.1) is 0 Å². The third-order valence-electron chi connectivity index (χ3n) is 5.57. The van der Waals surface area contributed by atoms with Crippen LogP contribution in [-0.2, 0) is 9.84 Å². The van der Waals surface area contributed by atoms with E-state index in [9.17, 15) is 18.0 Å². The van der Waals surface area contributed by atoms with E-state index in [0.717, 1.165) is 0 Å². The fourth-order valence-corrected chi connectivity index (χ4v) is 5.60. The first kappa shape index (κ1) is 28.8. The Labute approximate surface area is 246 Å². The molecule has 4 rings (SSSR count). The van der Waals surface area contributed by atoms with Gasteiger partial charge in [0, 0.05) is 31.2 Å². The maximum absolute atomic E-state index is 14.3. The molecule has 0 atom stereocenters. The van der Waals surface area contributed by atoms with Gasteiger partial charge in [-0.1, -0.05) is 70.7 Å². The quantitative estimate of drug-likeness (QED) is 0.147. The number of hydrogen-bond acceptors (Lipinski definition) is 4. The highest BCUT2D eigenvalue weighted by Crippen LogP contribution is 2.30. The summed E-state index contributed by atoms with van der Waals surface area (Å²) in [5.74, 6) is -1.62. The number of sulfone groups is 1. The molecule has 0 aliphatic heterocycles. The van der Waals surface area contributed by atoms with Crippen molar-refractivity contribution < 1.29 is 18.0 Å². The predicted octanol–water partition coefficient (Wildman–Crippen LogP) is 8.86. The second-order valence-corrected chi connectivity index (χ2v) is 11.9. The zero-order valence-electron chi connectivity index (χ0n) is 19.9. The van der Waals surface area contributed by atoms with Gasteiger partial charge in [-0.25, -0.2) is 8.42 Å². The third-order valence-corrected chi connectivity index (χ3v) is 8.35. The molecule has 0 saturated carbocycles. The molecule has 0 fully saturated rings. The van der Waals surface area contributed by atoms with Gasteiger partial charge in [0.2, 0.25) is 21.4 Å². The monoisotopic (exact) mass is 614 g/mol. The minimum absolute atomic E-state index is 0.0768. The first-order valence-corrected chi connectivity index (χ1v) is 14.3. The number of hydrogen-bond donors (Lipinski definition) is 0. The molecule has 4 nitrogen and oxygen atoms in total. The molecule has 0 heterocycles. The van der Waals surface area contributed by atoms with E-state index >= 15 is 0 Å². The Balaban J connectivity index is 1.94. The third kappa shape index (κ3) is 7.07. The molecule has 0 unspecified atom stereocenters. The van der Waals surface area contributed by atoms with Crippen molar-refractivity contribution >= 4 is 80.0 Å². The van der Waals surface area contributed by atoms with E-state index in [4.69, 9.17) is 46.4 Å². The van der Waals surface area contributed by atoms with E-state index in [-0.39, 0.29) is 11.1 Å². The molecule has 0 aliphatic rings. The summed E-state index contributed by atoms with van der Waals surface area (Å²) in [5, 5.41) is 1.61. The average molecular weight is 616 g/mol. The molecule has 4 aromatic rings. The normalized spacial score (nSPS) is 12.3. The SMILES string of the molecule is O=C(/C(=C/c1ccc(Cl)cc1)S(=O)(=O)/C(=C/c1ccc(Cl)cc1)C(=O)c1ccc(Cl)cc1)c1ccc(Cl)cc1. The minimum atomic E-state index is -4.70. The van der Waals surface area contributed by atoms with Gasteiger partial charge < -0.3 is 0 Å². The van der Waals surface area contributed by atoms with E-state index in [2.05, 4.69) is 0 Å². The number of rotatable bonds is 8. The molecule has 0 spiro atoms. The Morgan fingerprint density at radius 2 is 0.718 bits per heavy atom. The van der Waals surface area contributed by atoms with E-state index in [0.29, 0.717) is 31.2 Å². The van der Waals surface area contributed by atoms with Crippen LogP contribution in [-0.4, -0.2) is 20.0 Å². The van der Waals surface area contributed by atoms with Crippen LogP contribution in [0.5, 0.6) is 0 Å². The molecular formula is C30H18Cl4O4S. The summed E-state index contributed by atoms with van der Waals surface area (Å²) >= 11 is 23.9. The van der Waals surface area contributed by atoms with Gasteiger partial charge in [-0.2, -0.15) is 0 Å². The van der Waals surface area contributed by atoms with Crippen molar-refractivity contribution in [2.24, 2.45) is 0 Å². The minimum Gasteiger partial charge on any atom is -0.288 e. The number of benzene rings is 4. The van der Waals surface area contributed by atoms with Gasteiger partial charge in [0.05, 0.1) is 0 Å². The van der Waals surface area contributed by atoms with Crippen molar-refractivity contribution in [3.8, 4) is 0 Å². The standard InChI is InChI=1S/C30H18Cl4O4S/c31-23-9-1-19(2-10-23)17-27(29(35)21-5-13-25(33)14-6-21)39(37,38)28(18-20-3-11-24(32)12-4-20)30(36)22-7-15-26(34)16-8-22/h1-18H/b27-17-,28-18+. The maximum Gasteiger partial charge on any atom is 0.214 e. The molecule has 0 saturated heterocycles. The smallest absolute Gasteiger partial charge is 0.214 e. The molecule has 0 aliphatic carbocycles. The van der Waals surface area contributed by atoms with E-state index in [1.165, 1.54) is 60.7 Å². The molecular weight excluding hydrogens is 598 g/mol. The molecule has 4 aromatic carbocycles. The summed E-state index contributed by atoms with van der Waals surface area (Å²) < 4.78 is 28.5. The second kappa shape index (κ2) is 12.3. The van der Waals surface area contributed by atoms with Crippen LogP contribution in [0.3, 0.4) is 0 Å². The highest BCUT2D eigenvalue weighted by atomic mass is 35.5. The van der Waals surface area contributed by atoms with Crippen LogP contribution >= 0.6 is 46.4 Å². The summed E-state index contributed by atoms with van der Waals surface area (Å²) in [5.41, 5.74) is 0.941. The van der Waals surface area contributed by atoms with Gasteiger partial charge in [0.25, 0.3) is 0 Å². The van der Waals surface area contributed by atoms with Gasteiger partial charge in [-0.3, -0.25) is 9.59 Å². The van der Waals surface area contributed by atoms with Crippen molar-refractivity contribution in [2.75, 3.05) is 0 Å². The molecule has 0 aromatic heterocycles. The number of Topliss-reactive ketones (excluding diaryl/α,β-unsaturated/α-hetero) is 2. The highest BCUT2D eigenvalue weighted by Gasteiger charge is 2.34. The lowest BCUT2D eigenvalue weighted by Crippen LogP contribution is -2.21. The molecule has 39 heavy (non-hydrogen) atoms. The molecule has 0 amide bonds. The number of carbonyl (C=O) groups excluding carboxylic acids is 2. The van der Waals surface area contributed by atoms with Crippen molar-refractivity contribution in [3.05, 3.63) is 149 Å². The van der Waals surface area contributed by atoms with E-state index in [1.807, 2.05) is 0 Å². The average Bonchev–Trinajstić information content (AvgIpc) is 2.92. The van der Waals surface area contributed by atoms with Crippen molar-refractivity contribution in [2.45, 2.75) is 0 Å². The number of halogens is 4. The van der Waals surface area contributed by atoms with Gasteiger partial charge in [0.1, 0.15) is 9.81 Å². The summed E-state index contributed by atoms with van der Waals surface area (Å²) in [4.78, 5) is 26.2. The Hall–Kier alpha value is -3.19. The van der Waals surface area contributed by atoms with Crippen LogP contribution in [0.15, 0.2) is 107 Å². The fourth-order valence-electron chi connectivity index (χ4n) is 3.56. The second-order valence-electron chi connectivity index (χ2n) is 8.30. The lowest BCUT2D eigenvalue weighted by molar-refractivity contribution is 0.103. The maximum atomic E-state index is 14.3. The Morgan fingerprint density at radius 1 is 0.462 bits per heavy atom. The topological polar surface area (TPSA) is 68.3 Å². The summed E-state index contributed by atoms with van der Waals surface area (Å²) in [6.45, 7) is 0. The summed E-state index contributed by atoms with van der Waals surface area (Å²) in [6, 6.07) is 24.1. The number of carbonyl (C=O) groups is 2. The van der Waals surface area contributed by atoms with E-state index in [1.54, 1.807) is 48.5 Å². The molecule has 0 bridgehead atoms. The predicted molar refractivity (Wildman–Crippen MR) is 159 cm³/mol. The number of ketones is 2. The zero-order chi connectivity index (χ0) is 28.2. The van der Waals surface area contributed by atoms with Gasteiger partial charge in [-0.05, 0) is 96.1 Å². The van der Waals surface area contributed by atoms with Crippen LogP contribution in [0.25, 0.3) is 12.2 Å². The number of allylic oxidation sites excluding steroid dienone is 2. The van der Waals surface area contributed by atoms with Gasteiger partial charge >= 0.3 is 0 Å². The summed E-state index contributed by atoms with van der Waals surface area (Å²) in [7, 11) is -4.70. The fraction of sp³-hybridized carbons (Fsp3) is 0. The van der Waals surface area contributed by atoms with Crippen LogP contribution in [0, 0.1) is 0 Å². The van der Waals surface area contributed by atoms with Gasteiger partial charge in [0.15, 0.2) is 0 Å². The molecule has 196 valence electrons. The van der Waals surface area contributed by atoms with Crippen LogP contribution in [0.2, 0.25) is 20.1 Å². The van der Waals surface area contributed by atoms with Crippen LogP contribution in [0.1, 0.15) is 31.8 Å². The first-order chi connectivity index (χ1) is 18.5. The highest BCUT2D eigenvalue weighted by molar-refractivity contribution is 8.01. The largest absolute Gasteiger partial charge is 0.288 e. The lowest BCUT2D eigenvalue weighted by atomic mass is 10.1. The summed E-state index contributed by atoms with van der Waals surface area (Å²) in [6.07, 6.45) is 2.43. The van der Waals surface area contributed by atoms with Crippen LogP contribution in [0.4, 0.5) is 0 Å². The zero-order valence-corrected chi connectivity index (χ0v) is 23.8. The Kier molecular flexibility index (Phi) is 9.11. The van der Waals surface area contributed by atoms with Crippen molar-refractivity contribution in [1.29, 1.82) is 0 Å². The molecule has 0 N–H and O–H groups in total. The Bertz CT molecular complexity index is 1570. The van der Waals surface area contributed by atoms with Crippen molar-refractivity contribution in [1.82, 2.24) is 0 Å². The molecule has 0 radical (unpaired) electrons.